The summed E-state index contributed by atoms with van der Waals surface area (Å²) in [6.07, 6.45) is 0. The minimum absolute atomic E-state index is 0.0679. The van der Waals surface area contributed by atoms with E-state index >= 15 is 0 Å². The highest BCUT2D eigenvalue weighted by Gasteiger charge is 2.21. The van der Waals surface area contributed by atoms with Gasteiger partial charge in [-0.3, -0.25) is 10.1 Å². The first kappa shape index (κ1) is 13.8. The molecule has 6 nitrogen and oxygen atoms in total. The Labute approximate surface area is 117 Å². The molecule has 0 aliphatic carbocycles. The van der Waals surface area contributed by atoms with Crippen molar-refractivity contribution in [2.75, 3.05) is 17.7 Å². The van der Waals surface area contributed by atoms with Crippen molar-refractivity contribution in [1.82, 2.24) is 4.98 Å². The number of hydrogen-bond donors (Lipinski definition) is 1. The van der Waals surface area contributed by atoms with Crippen molar-refractivity contribution >= 4 is 23.0 Å². The van der Waals surface area contributed by atoms with Gasteiger partial charge in [0.2, 0.25) is 5.82 Å². The summed E-state index contributed by atoms with van der Waals surface area (Å²) in [5.74, 6) is 0.490. The number of rotatable bonds is 3. The first-order valence-electron chi connectivity index (χ1n) is 6.12. The standard InChI is InChI=1S/C14H16N4O2/c1-9-4-5-11(10(2)8-9)17(3)14-12(18(19)20)6-7-13(15)16-14/h4-8H,1-3H3,(H2,15,16). The van der Waals surface area contributed by atoms with E-state index in [0.717, 1.165) is 16.8 Å². The number of nitrogens with zero attached hydrogens (tertiary/aromatic N) is 3. The van der Waals surface area contributed by atoms with Gasteiger partial charge in [-0.1, -0.05) is 17.7 Å². The van der Waals surface area contributed by atoms with Gasteiger partial charge in [-0.15, -0.1) is 0 Å². The number of benzene rings is 1. The summed E-state index contributed by atoms with van der Waals surface area (Å²) in [5, 5.41) is 11.1. The minimum Gasteiger partial charge on any atom is -0.384 e. The summed E-state index contributed by atoms with van der Waals surface area (Å²) in [6, 6.07) is 8.69. The molecule has 0 saturated carbocycles. The van der Waals surface area contributed by atoms with Crippen LogP contribution in [-0.2, 0) is 0 Å². The number of anilines is 3. The van der Waals surface area contributed by atoms with Crippen molar-refractivity contribution in [2.45, 2.75) is 13.8 Å². The van der Waals surface area contributed by atoms with Gasteiger partial charge in [0, 0.05) is 18.8 Å². The van der Waals surface area contributed by atoms with Crippen LogP contribution in [0.1, 0.15) is 11.1 Å². The van der Waals surface area contributed by atoms with Crippen molar-refractivity contribution in [3.63, 3.8) is 0 Å². The van der Waals surface area contributed by atoms with Gasteiger partial charge in [-0.2, -0.15) is 0 Å². The van der Waals surface area contributed by atoms with Crippen LogP contribution >= 0.6 is 0 Å². The highest BCUT2D eigenvalue weighted by atomic mass is 16.6. The van der Waals surface area contributed by atoms with E-state index in [-0.39, 0.29) is 17.3 Å². The molecule has 2 aromatic rings. The van der Waals surface area contributed by atoms with Gasteiger partial charge in [-0.25, -0.2) is 4.98 Å². The lowest BCUT2D eigenvalue weighted by atomic mass is 10.1. The van der Waals surface area contributed by atoms with Gasteiger partial charge in [0.1, 0.15) is 5.82 Å². The lowest BCUT2D eigenvalue weighted by molar-refractivity contribution is -0.384. The molecule has 104 valence electrons. The molecule has 2 N–H and O–H groups in total. The minimum atomic E-state index is -0.457. The van der Waals surface area contributed by atoms with Crippen LogP contribution in [0.15, 0.2) is 30.3 Å². The lowest BCUT2D eigenvalue weighted by Gasteiger charge is -2.20. The molecule has 0 spiro atoms. The zero-order valence-corrected chi connectivity index (χ0v) is 11.6. The van der Waals surface area contributed by atoms with Crippen LogP contribution in [0.3, 0.4) is 0 Å². The molecular formula is C14H16N4O2. The molecule has 1 heterocycles. The van der Waals surface area contributed by atoms with Gasteiger partial charge in [-0.05, 0) is 31.5 Å². The Kier molecular flexibility index (Phi) is 3.56. The third kappa shape index (κ3) is 2.54. The quantitative estimate of drug-likeness (QED) is 0.685. The summed E-state index contributed by atoms with van der Waals surface area (Å²) in [6.45, 7) is 3.95. The fourth-order valence-corrected chi connectivity index (χ4v) is 2.14. The van der Waals surface area contributed by atoms with E-state index in [2.05, 4.69) is 4.98 Å². The van der Waals surface area contributed by atoms with Crippen molar-refractivity contribution < 1.29 is 4.92 Å². The molecule has 0 bridgehead atoms. The second kappa shape index (κ2) is 5.16. The molecule has 0 aliphatic heterocycles. The number of nitrogens with two attached hydrogens (primary N) is 1. The fraction of sp³-hybridized carbons (Fsp3) is 0.214. The molecule has 0 fully saturated rings. The van der Waals surface area contributed by atoms with Crippen LogP contribution in [0.25, 0.3) is 0 Å². The molecule has 20 heavy (non-hydrogen) atoms. The number of pyridine rings is 1. The third-order valence-corrected chi connectivity index (χ3v) is 3.10. The lowest BCUT2D eigenvalue weighted by Crippen LogP contribution is -2.15. The van der Waals surface area contributed by atoms with Gasteiger partial charge in [0.15, 0.2) is 0 Å². The Balaban J connectivity index is 2.55. The van der Waals surface area contributed by atoms with E-state index in [1.807, 2.05) is 32.0 Å². The second-order valence-electron chi connectivity index (χ2n) is 4.68. The average Bonchev–Trinajstić information content (AvgIpc) is 2.37. The summed E-state index contributed by atoms with van der Waals surface area (Å²) in [5.41, 5.74) is 8.59. The van der Waals surface area contributed by atoms with E-state index in [1.54, 1.807) is 11.9 Å². The van der Waals surface area contributed by atoms with Crippen LogP contribution in [0.4, 0.5) is 23.0 Å². The highest BCUT2D eigenvalue weighted by molar-refractivity contribution is 5.71. The zero-order valence-electron chi connectivity index (χ0n) is 11.6. The third-order valence-electron chi connectivity index (χ3n) is 3.10. The SMILES string of the molecule is Cc1ccc(N(C)c2nc(N)ccc2[N+](=O)[O-])c(C)c1. The summed E-state index contributed by atoms with van der Waals surface area (Å²) < 4.78 is 0. The predicted molar refractivity (Wildman–Crippen MR) is 79.3 cm³/mol. The Morgan fingerprint density at radius 3 is 2.55 bits per heavy atom. The number of nitrogen functional groups attached to an aromatic ring is 1. The maximum absolute atomic E-state index is 11.1. The van der Waals surface area contributed by atoms with Crippen LogP contribution in [0.5, 0.6) is 0 Å². The molecule has 0 unspecified atom stereocenters. The normalized spacial score (nSPS) is 10.3. The first-order chi connectivity index (χ1) is 9.40. The molecule has 1 aromatic heterocycles. The molecule has 0 amide bonds. The Bertz CT molecular complexity index is 670. The van der Waals surface area contributed by atoms with Gasteiger partial charge in [0.05, 0.1) is 4.92 Å². The number of hydrogen-bond acceptors (Lipinski definition) is 5. The zero-order chi connectivity index (χ0) is 14.9. The van der Waals surface area contributed by atoms with Crippen molar-refractivity contribution in [3.05, 3.63) is 51.6 Å². The monoisotopic (exact) mass is 272 g/mol. The molecule has 0 saturated heterocycles. The van der Waals surface area contributed by atoms with Crippen molar-refractivity contribution in [1.29, 1.82) is 0 Å². The van der Waals surface area contributed by atoms with Crippen LogP contribution in [-0.4, -0.2) is 17.0 Å². The van der Waals surface area contributed by atoms with E-state index in [9.17, 15) is 10.1 Å². The number of nitro groups is 1. The summed E-state index contributed by atoms with van der Waals surface area (Å²) in [7, 11) is 1.74. The van der Waals surface area contributed by atoms with Gasteiger partial charge in [0.25, 0.3) is 0 Å². The summed E-state index contributed by atoms with van der Waals surface area (Å²) in [4.78, 5) is 16.4. The topological polar surface area (TPSA) is 85.3 Å². The highest BCUT2D eigenvalue weighted by Crippen LogP contribution is 2.33. The molecule has 0 aliphatic rings. The number of aromatic nitrogens is 1. The Morgan fingerprint density at radius 2 is 1.95 bits per heavy atom. The Hall–Kier alpha value is -2.63. The second-order valence-corrected chi connectivity index (χ2v) is 4.68. The van der Waals surface area contributed by atoms with Gasteiger partial charge >= 0.3 is 5.69 Å². The molecule has 2 rings (SSSR count). The maximum atomic E-state index is 11.1. The van der Waals surface area contributed by atoms with Gasteiger partial charge < -0.3 is 10.6 Å². The van der Waals surface area contributed by atoms with E-state index in [0.29, 0.717) is 0 Å². The van der Waals surface area contributed by atoms with Crippen molar-refractivity contribution in [3.8, 4) is 0 Å². The smallest absolute Gasteiger partial charge is 0.312 e. The molecule has 6 heteroatoms. The average molecular weight is 272 g/mol. The van der Waals surface area contributed by atoms with Crippen LogP contribution in [0.2, 0.25) is 0 Å². The van der Waals surface area contributed by atoms with E-state index in [1.165, 1.54) is 12.1 Å². The molecule has 0 atom stereocenters. The Morgan fingerprint density at radius 1 is 1.25 bits per heavy atom. The number of aryl methyl sites for hydroxylation is 2. The first-order valence-corrected chi connectivity index (χ1v) is 6.12. The molecule has 0 radical (unpaired) electrons. The van der Waals surface area contributed by atoms with Crippen LogP contribution < -0.4 is 10.6 Å². The van der Waals surface area contributed by atoms with Crippen molar-refractivity contribution in [2.24, 2.45) is 0 Å². The molecule has 1 aromatic carbocycles. The molecular weight excluding hydrogens is 256 g/mol. The largest absolute Gasteiger partial charge is 0.384 e. The van der Waals surface area contributed by atoms with E-state index < -0.39 is 4.92 Å². The predicted octanol–water partition coefficient (Wildman–Crippen LogP) is 2.96. The van der Waals surface area contributed by atoms with Crippen LogP contribution in [0, 0.1) is 24.0 Å². The fourth-order valence-electron chi connectivity index (χ4n) is 2.14. The maximum Gasteiger partial charge on any atom is 0.312 e. The van der Waals surface area contributed by atoms with E-state index in [4.69, 9.17) is 5.73 Å². The summed E-state index contributed by atoms with van der Waals surface area (Å²) >= 11 is 0.